The fourth-order valence-corrected chi connectivity index (χ4v) is 12.1. The van der Waals surface area contributed by atoms with Crippen LogP contribution in [0.25, 0.3) is 21.8 Å². The van der Waals surface area contributed by atoms with Crippen LogP contribution < -0.4 is 4.74 Å². The quantitative estimate of drug-likeness (QED) is 0.181. The second kappa shape index (κ2) is 12.5. The highest BCUT2D eigenvalue weighted by Crippen LogP contribution is 2.57. The summed E-state index contributed by atoms with van der Waals surface area (Å²) in [5, 5.41) is 2.39. The Morgan fingerprint density at radius 2 is 1.87 bits per heavy atom. The van der Waals surface area contributed by atoms with Crippen LogP contribution in [0.3, 0.4) is 0 Å². The Morgan fingerprint density at radius 1 is 1.04 bits per heavy atom. The van der Waals surface area contributed by atoms with Gasteiger partial charge in [-0.05, 0) is 92.7 Å². The number of carbonyl (C=O) groups is 2. The number of likely N-dealkylation sites (tertiary alicyclic amines) is 1. The van der Waals surface area contributed by atoms with Gasteiger partial charge in [0.2, 0.25) is 0 Å². The van der Waals surface area contributed by atoms with E-state index >= 15 is 0 Å². The van der Waals surface area contributed by atoms with Gasteiger partial charge in [-0.15, -0.1) is 0 Å². The molecule has 3 saturated heterocycles. The summed E-state index contributed by atoms with van der Waals surface area (Å²) < 4.78 is 17.4. The molecule has 2 aromatic heterocycles. The van der Waals surface area contributed by atoms with E-state index in [4.69, 9.17) is 14.2 Å². The third-order valence-electron chi connectivity index (χ3n) is 14.1. The largest absolute Gasteiger partial charge is 0.497 e. The number of hydrogen-bond donors (Lipinski definition) is 2. The Labute approximate surface area is 306 Å². The van der Waals surface area contributed by atoms with Crippen LogP contribution in [-0.2, 0) is 37.3 Å². The molecule has 9 nitrogen and oxygen atoms in total. The molecular weight excluding hydrogens is 652 g/mol. The maximum Gasteiger partial charge on any atom is 0.319 e. The normalized spacial score (nSPS) is 33.2. The van der Waals surface area contributed by atoms with Crippen molar-refractivity contribution in [1.82, 2.24) is 19.8 Å². The van der Waals surface area contributed by atoms with Gasteiger partial charge in [0.05, 0.1) is 27.2 Å². The topological polar surface area (TPSA) is 99.9 Å². The SMILES string of the molecule is C/C=C1/CN(C)[C@@H]2Cc3c([nH]c4ccccc34)[C@@H](c3cc(OC)cc4[nH]c5c(c34)CCN3C[C@@H]4C[C@H](CC)[C@H]3[C@]5(C(=O)OC)C4)C[C@H]1[C@@H]2C(=O)OC. The number of methoxy groups -OCH3 is 3. The molecular formula is C43H52N4O5. The number of carbonyl (C=O) groups excluding carboxylic acids is 2. The third-order valence-corrected chi connectivity index (χ3v) is 14.1. The molecule has 4 aliphatic heterocycles. The van der Waals surface area contributed by atoms with Crippen molar-refractivity contribution < 1.29 is 23.8 Å². The average molecular weight is 705 g/mol. The molecule has 6 heterocycles. The molecule has 0 amide bonds. The van der Waals surface area contributed by atoms with Gasteiger partial charge in [0.15, 0.2) is 0 Å². The molecule has 4 fully saturated rings. The van der Waals surface area contributed by atoms with Gasteiger partial charge in [-0.2, -0.15) is 0 Å². The summed E-state index contributed by atoms with van der Waals surface area (Å²) in [6.45, 7) is 7.15. The Morgan fingerprint density at radius 3 is 2.62 bits per heavy atom. The Bertz CT molecular complexity index is 2110. The van der Waals surface area contributed by atoms with E-state index in [2.05, 4.69) is 83.1 Å². The lowest BCUT2D eigenvalue weighted by molar-refractivity contribution is -0.162. The number of aromatic nitrogens is 2. The van der Waals surface area contributed by atoms with Crippen molar-refractivity contribution >= 4 is 33.7 Å². The number of aromatic amines is 2. The molecule has 0 radical (unpaired) electrons. The molecule has 2 aromatic carbocycles. The second-order valence-corrected chi connectivity index (χ2v) is 16.3. The van der Waals surface area contributed by atoms with E-state index < -0.39 is 5.41 Å². The lowest BCUT2D eigenvalue weighted by atomic mass is 9.56. The number of hydrogen-bond acceptors (Lipinski definition) is 7. The first-order chi connectivity index (χ1) is 25.3. The summed E-state index contributed by atoms with van der Waals surface area (Å²) in [6, 6.07) is 13.0. The van der Waals surface area contributed by atoms with E-state index in [9.17, 15) is 9.59 Å². The number of allylic oxidation sites excluding steroid dienone is 1. The van der Waals surface area contributed by atoms with Crippen LogP contribution in [0.5, 0.6) is 5.75 Å². The number of rotatable bonds is 5. The highest BCUT2D eigenvalue weighted by Gasteiger charge is 2.63. The zero-order valence-electron chi connectivity index (χ0n) is 31.4. The second-order valence-electron chi connectivity index (χ2n) is 16.3. The molecule has 1 saturated carbocycles. The van der Waals surface area contributed by atoms with Gasteiger partial charge in [-0.3, -0.25) is 19.4 Å². The van der Waals surface area contributed by atoms with Gasteiger partial charge >= 0.3 is 11.9 Å². The molecule has 10 rings (SSSR count). The van der Waals surface area contributed by atoms with Crippen LogP contribution >= 0.6 is 0 Å². The molecule has 9 heteroatoms. The summed E-state index contributed by atoms with van der Waals surface area (Å²) >= 11 is 0. The number of benzene rings is 2. The average Bonchev–Trinajstić information content (AvgIpc) is 3.70. The highest BCUT2D eigenvalue weighted by atomic mass is 16.5. The van der Waals surface area contributed by atoms with Crippen LogP contribution in [0.4, 0.5) is 0 Å². The summed E-state index contributed by atoms with van der Waals surface area (Å²) in [4.78, 5) is 41.1. The molecule has 1 unspecified atom stereocenters. The minimum Gasteiger partial charge on any atom is -0.497 e. The first kappa shape index (κ1) is 33.7. The maximum atomic E-state index is 14.4. The number of nitrogens with zero attached hydrogens (tertiary/aromatic N) is 2. The highest BCUT2D eigenvalue weighted by molar-refractivity contribution is 5.95. The zero-order valence-corrected chi connectivity index (χ0v) is 31.4. The van der Waals surface area contributed by atoms with Crippen LogP contribution in [0.1, 0.15) is 73.5 Å². The van der Waals surface area contributed by atoms with E-state index in [1.807, 2.05) is 0 Å². The van der Waals surface area contributed by atoms with E-state index in [0.717, 1.165) is 74.2 Å². The molecule has 6 bridgehead atoms. The molecule has 52 heavy (non-hydrogen) atoms. The van der Waals surface area contributed by atoms with Crippen LogP contribution in [0.2, 0.25) is 0 Å². The summed E-state index contributed by atoms with van der Waals surface area (Å²) in [5.74, 6) is 1.02. The molecule has 6 aliphatic rings. The van der Waals surface area contributed by atoms with Crippen molar-refractivity contribution in [3.05, 3.63) is 76.1 Å². The third kappa shape index (κ3) is 4.67. The number of likely N-dealkylation sites (N-methyl/N-ethyl adjacent to an activating group) is 1. The summed E-state index contributed by atoms with van der Waals surface area (Å²) in [5.41, 5.74) is 8.57. The van der Waals surface area contributed by atoms with Crippen molar-refractivity contribution in [3.63, 3.8) is 0 Å². The molecule has 2 aliphatic carbocycles. The number of fused-ring (bicyclic) bond motifs is 9. The molecule has 0 spiro atoms. The predicted octanol–water partition coefficient (Wildman–Crippen LogP) is 6.49. The number of H-pyrrole nitrogens is 2. The van der Waals surface area contributed by atoms with Crippen molar-refractivity contribution in [2.24, 2.45) is 23.7 Å². The van der Waals surface area contributed by atoms with Crippen LogP contribution in [0, 0.1) is 23.7 Å². The predicted molar refractivity (Wildman–Crippen MR) is 202 cm³/mol. The van der Waals surface area contributed by atoms with Gasteiger partial charge in [0.25, 0.3) is 0 Å². The minimum absolute atomic E-state index is 0.00381. The Kier molecular flexibility index (Phi) is 8.12. The number of nitrogens with one attached hydrogen (secondary N) is 2. The molecule has 2 N–H and O–H groups in total. The molecule has 9 atom stereocenters. The van der Waals surface area contributed by atoms with Crippen LogP contribution in [-0.4, -0.2) is 91.8 Å². The number of para-hydroxylation sites is 1. The van der Waals surface area contributed by atoms with Crippen molar-refractivity contribution in [1.29, 1.82) is 0 Å². The van der Waals surface area contributed by atoms with E-state index in [0.29, 0.717) is 11.8 Å². The van der Waals surface area contributed by atoms with Crippen molar-refractivity contribution in [2.45, 2.75) is 75.8 Å². The smallest absolute Gasteiger partial charge is 0.319 e. The van der Waals surface area contributed by atoms with E-state index in [1.165, 1.54) is 52.3 Å². The van der Waals surface area contributed by atoms with Gasteiger partial charge in [-0.25, -0.2) is 0 Å². The minimum atomic E-state index is -0.756. The van der Waals surface area contributed by atoms with Gasteiger partial charge in [0, 0.05) is 76.9 Å². The lowest BCUT2D eigenvalue weighted by Gasteiger charge is -2.57. The summed E-state index contributed by atoms with van der Waals surface area (Å²) in [6.07, 6.45) is 7.56. The zero-order chi connectivity index (χ0) is 36.1. The van der Waals surface area contributed by atoms with Gasteiger partial charge < -0.3 is 24.2 Å². The number of ether oxygens (including phenoxy) is 3. The van der Waals surface area contributed by atoms with Gasteiger partial charge in [0.1, 0.15) is 11.2 Å². The number of esters is 2. The van der Waals surface area contributed by atoms with Crippen molar-refractivity contribution in [3.8, 4) is 5.75 Å². The fourth-order valence-electron chi connectivity index (χ4n) is 12.1. The molecule has 274 valence electrons. The number of piperidine rings is 3. The maximum absolute atomic E-state index is 14.4. The Hall–Kier alpha value is -4.08. The first-order valence-electron chi connectivity index (χ1n) is 19.3. The molecule has 4 aromatic rings. The lowest BCUT2D eigenvalue weighted by Crippen LogP contribution is -2.67. The van der Waals surface area contributed by atoms with Crippen molar-refractivity contribution in [2.75, 3.05) is 48.0 Å². The summed E-state index contributed by atoms with van der Waals surface area (Å²) in [7, 11) is 6.97. The van der Waals surface area contributed by atoms with E-state index in [-0.39, 0.29) is 41.8 Å². The fraction of sp³-hybridized carbons (Fsp3) is 0.535. The standard InChI is InChI=1S/C43H52N4O5/c1-7-24-15-23-20-43(42(49)52-6)39-28(13-14-47(21-23)40(24)43)36-30(16-26(50-4)17-34(36)45-39)31-18-29-25(8-2)22-46(3)35(37(29)41(48)51-5)19-32-27-11-9-10-12-33(27)44-38(31)32/h8-12,16-17,23-24,29,31,35,37,40,44-45H,7,13-15,18-22H2,1-6H3/b25-8-/t23-,24+,29-,31-,35-,37+,40+,43+/m1/s1. The van der Waals surface area contributed by atoms with Gasteiger partial charge in [-0.1, -0.05) is 43.2 Å². The van der Waals surface area contributed by atoms with Crippen LogP contribution in [0.15, 0.2) is 48.0 Å². The Balaban J connectivity index is 1.33. The first-order valence-corrected chi connectivity index (χ1v) is 19.3. The van der Waals surface area contributed by atoms with E-state index in [1.54, 1.807) is 14.2 Å². The monoisotopic (exact) mass is 704 g/mol.